The summed E-state index contributed by atoms with van der Waals surface area (Å²) in [6.07, 6.45) is 0. The average Bonchev–Trinajstić information content (AvgIpc) is 2.90. The molecule has 10 heteroatoms. The summed E-state index contributed by atoms with van der Waals surface area (Å²) in [5, 5.41) is 3.29. The Balaban J connectivity index is 2.07. The minimum atomic E-state index is -4.16. The molecular weight excluding hydrogens is 550 g/mol. The van der Waals surface area contributed by atoms with Gasteiger partial charge in [-0.1, -0.05) is 41.4 Å². The predicted octanol–water partition coefficient (Wildman–Crippen LogP) is 5.10. The van der Waals surface area contributed by atoms with E-state index in [1.54, 1.807) is 69.5 Å². The number of hydrogen-bond acceptors (Lipinski definition) is 5. The Hall–Kier alpha value is -3.56. The Kier molecular flexibility index (Phi) is 10.2. The molecule has 3 aromatic rings. The maximum Gasteiger partial charge on any atom is 0.264 e. The fraction of sp³-hybridized carbons (Fsp3) is 0.333. The highest BCUT2D eigenvalue weighted by Gasteiger charge is 2.33. The number of amides is 2. The van der Waals surface area contributed by atoms with E-state index in [0.717, 1.165) is 15.4 Å². The number of halogens is 1. The van der Waals surface area contributed by atoms with Crippen LogP contribution in [0.4, 0.5) is 5.69 Å². The molecule has 0 saturated carbocycles. The van der Waals surface area contributed by atoms with Crippen molar-refractivity contribution in [3.63, 3.8) is 0 Å². The first-order valence-corrected chi connectivity index (χ1v) is 14.7. The van der Waals surface area contributed by atoms with Crippen LogP contribution in [-0.2, 0) is 26.2 Å². The highest BCUT2D eigenvalue weighted by atomic mass is 35.5. The number of hydrogen-bond donors (Lipinski definition) is 1. The SMILES string of the molecule is COc1cccc(CN(C(=O)CN(c2ccc(Cl)cc2C)S(=O)(=O)c2ccc(C)cc2)[C@H](C)C(=O)NC(C)C)c1. The van der Waals surface area contributed by atoms with Gasteiger partial charge in [-0.3, -0.25) is 13.9 Å². The van der Waals surface area contributed by atoms with Gasteiger partial charge in [-0.15, -0.1) is 0 Å². The van der Waals surface area contributed by atoms with Gasteiger partial charge < -0.3 is 15.0 Å². The Morgan fingerprint density at radius 3 is 2.25 bits per heavy atom. The predicted molar refractivity (Wildman–Crippen MR) is 158 cm³/mol. The van der Waals surface area contributed by atoms with Crippen LogP contribution >= 0.6 is 11.6 Å². The highest BCUT2D eigenvalue weighted by molar-refractivity contribution is 7.92. The lowest BCUT2D eigenvalue weighted by atomic mass is 10.1. The first kappa shape index (κ1) is 31.0. The van der Waals surface area contributed by atoms with E-state index in [-0.39, 0.29) is 23.4 Å². The van der Waals surface area contributed by atoms with Crippen molar-refractivity contribution in [2.45, 2.75) is 58.1 Å². The van der Waals surface area contributed by atoms with Crippen LogP contribution in [-0.4, -0.2) is 50.9 Å². The zero-order chi connectivity index (χ0) is 29.6. The maximum absolute atomic E-state index is 14.0. The summed E-state index contributed by atoms with van der Waals surface area (Å²) < 4.78 is 34.3. The van der Waals surface area contributed by atoms with Crippen molar-refractivity contribution < 1.29 is 22.7 Å². The number of sulfonamides is 1. The summed E-state index contributed by atoms with van der Waals surface area (Å²) in [4.78, 5) is 28.5. The van der Waals surface area contributed by atoms with Gasteiger partial charge in [0.05, 0.1) is 17.7 Å². The average molecular weight is 586 g/mol. The van der Waals surface area contributed by atoms with Crippen LogP contribution < -0.4 is 14.4 Å². The van der Waals surface area contributed by atoms with E-state index in [4.69, 9.17) is 16.3 Å². The van der Waals surface area contributed by atoms with Crippen LogP contribution in [0.25, 0.3) is 0 Å². The number of methoxy groups -OCH3 is 1. The lowest BCUT2D eigenvalue weighted by Gasteiger charge is -2.32. The van der Waals surface area contributed by atoms with Crippen molar-refractivity contribution in [2.75, 3.05) is 18.0 Å². The monoisotopic (exact) mass is 585 g/mol. The zero-order valence-corrected chi connectivity index (χ0v) is 25.2. The van der Waals surface area contributed by atoms with Crippen molar-refractivity contribution in [3.8, 4) is 5.75 Å². The summed E-state index contributed by atoms with van der Waals surface area (Å²) in [5.74, 6) is -0.286. The molecule has 8 nitrogen and oxygen atoms in total. The molecule has 0 aromatic heterocycles. The molecule has 0 bridgehead atoms. The minimum Gasteiger partial charge on any atom is -0.497 e. The number of carbonyl (C=O) groups excluding carboxylic acids is 2. The molecular formula is C30H36ClN3O5S. The van der Waals surface area contributed by atoms with Gasteiger partial charge in [0.1, 0.15) is 18.3 Å². The van der Waals surface area contributed by atoms with Crippen LogP contribution in [0, 0.1) is 13.8 Å². The van der Waals surface area contributed by atoms with Gasteiger partial charge >= 0.3 is 0 Å². The summed E-state index contributed by atoms with van der Waals surface area (Å²) in [6, 6.07) is 17.4. The number of aryl methyl sites for hydroxylation is 2. The summed E-state index contributed by atoms with van der Waals surface area (Å²) in [7, 11) is -2.62. The molecule has 40 heavy (non-hydrogen) atoms. The molecule has 0 radical (unpaired) electrons. The van der Waals surface area contributed by atoms with Gasteiger partial charge in [-0.25, -0.2) is 8.42 Å². The number of nitrogens with zero attached hydrogens (tertiary/aromatic N) is 2. The second-order valence-electron chi connectivity index (χ2n) is 9.97. The topological polar surface area (TPSA) is 96.0 Å². The molecule has 0 aliphatic carbocycles. The summed E-state index contributed by atoms with van der Waals surface area (Å²) in [5.41, 5.74) is 2.53. The number of carbonyl (C=O) groups is 2. The van der Waals surface area contributed by atoms with Crippen LogP contribution in [0.5, 0.6) is 5.75 Å². The Morgan fingerprint density at radius 1 is 0.975 bits per heavy atom. The number of nitrogens with one attached hydrogen (secondary N) is 1. The standard InChI is InChI=1S/C30H36ClN3O5S/c1-20(2)32-30(36)23(5)33(18-24-8-7-9-26(17-24)39-6)29(35)19-34(28-15-12-25(31)16-22(28)4)40(37,38)27-13-10-21(3)11-14-27/h7-17,20,23H,18-19H2,1-6H3,(H,32,36)/t23-/m1/s1. The lowest BCUT2D eigenvalue weighted by Crippen LogP contribution is -2.52. The molecule has 2 amide bonds. The van der Waals surface area contributed by atoms with Gasteiger partial charge in [0, 0.05) is 17.6 Å². The van der Waals surface area contributed by atoms with Gasteiger partial charge in [0.25, 0.3) is 10.0 Å². The summed E-state index contributed by atoms with van der Waals surface area (Å²) in [6.45, 7) is 8.43. The molecule has 1 N–H and O–H groups in total. The number of rotatable bonds is 11. The molecule has 0 spiro atoms. The van der Waals surface area contributed by atoms with Gasteiger partial charge in [0.2, 0.25) is 11.8 Å². The third kappa shape index (κ3) is 7.55. The summed E-state index contributed by atoms with van der Waals surface area (Å²) >= 11 is 6.16. The fourth-order valence-electron chi connectivity index (χ4n) is 4.20. The first-order valence-electron chi connectivity index (χ1n) is 12.9. The lowest BCUT2D eigenvalue weighted by molar-refractivity contribution is -0.139. The van der Waals surface area contributed by atoms with Crippen molar-refractivity contribution in [1.29, 1.82) is 0 Å². The van der Waals surface area contributed by atoms with Crippen LogP contribution in [0.1, 0.15) is 37.5 Å². The van der Waals surface area contributed by atoms with Crippen molar-refractivity contribution in [1.82, 2.24) is 10.2 Å². The van der Waals surface area contributed by atoms with Crippen molar-refractivity contribution in [3.05, 3.63) is 88.4 Å². The molecule has 0 heterocycles. The Labute approximate surface area is 241 Å². The first-order chi connectivity index (χ1) is 18.8. The van der Waals surface area contributed by atoms with Gasteiger partial charge in [-0.2, -0.15) is 0 Å². The van der Waals surface area contributed by atoms with E-state index < -0.39 is 28.5 Å². The van der Waals surface area contributed by atoms with Crippen molar-refractivity contribution >= 4 is 39.1 Å². The smallest absolute Gasteiger partial charge is 0.264 e. The normalized spacial score (nSPS) is 12.1. The molecule has 0 unspecified atom stereocenters. The molecule has 3 rings (SSSR count). The second-order valence-corrected chi connectivity index (χ2v) is 12.3. The van der Waals surface area contributed by atoms with Gasteiger partial charge in [0.15, 0.2) is 0 Å². The van der Waals surface area contributed by atoms with E-state index in [2.05, 4.69) is 5.32 Å². The Bertz CT molecular complexity index is 1460. The highest BCUT2D eigenvalue weighted by Crippen LogP contribution is 2.29. The number of benzene rings is 3. The number of ether oxygens (including phenoxy) is 1. The zero-order valence-electron chi connectivity index (χ0n) is 23.6. The number of anilines is 1. The molecule has 0 aliphatic rings. The molecule has 3 aromatic carbocycles. The van der Waals surface area contributed by atoms with Crippen LogP contribution in [0.2, 0.25) is 5.02 Å². The van der Waals surface area contributed by atoms with E-state index in [1.165, 1.54) is 17.0 Å². The van der Waals surface area contributed by atoms with E-state index in [1.807, 2.05) is 26.8 Å². The minimum absolute atomic E-state index is 0.0465. The van der Waals surface area contributed by atoms with E-state index in [0.29, 0.717) is 22.0 Å². The quantitative estimate of drug-likeness (QED) is 0.338. The third-order valence-corrected chi connectivity index (χ3v) is 8.41. The van der Waals surface area contributed by atoms with Crippen LogP contribution in [0.15, 0.2) is 71.6 Å². The maximum atomic E-state index is 14.0. The fourth-order valence-corrected chi connectivity index (χ4v) is 5.91. The van der Waals surface area contributed by atoms with E-state index in [9.17, 15) is 18.0 Å². The molecule has 0 aliphatic heterocycles. The third-order valence-electron chi connectivity index (χ3n) is 6.40. The Morgan fingerprint density at radius 2 is 1.65 bits per heavy atom. The van der Waals surface area contributed by atoms with Crippen LogP contribution in [0.3, 0.4) is 0 Å². The second kappa shape index (κ2) is 13.2. The molecule has 1 atom stereocenters. The molecule has 214 valence electrons. The van der Waals surface area contributed by atoms with Crippen molar-refractivity contribution in [2.24, 2.45) is 0 Å². The molecule has 0 saturated heterocycles. The molecule has 0 fully saturated rings. The largest absolute Gasteiger partial charge is 0.497 e. The van der Waals surface area contributed by atoms with Gasteiger partial charge in [-0.05, 0) is 88.2 Å². The van der Waals surface area contributed by atoms with E-state index >= 15 is 0 Å².